The van der Waals surface area contributed by atoms with Gasteiger partial charge in [0.1, 0.15) is 17.3 Å². The summed E-state index contributed by atoms with van der Waals surface area (Å²) in [7, 11) is 0. The number of aromatic nitrogens is 6. The lowest BCUT2D eigenvalue weighted by Crippen LogP contribution is -2.29. The van der Waals surface area contributed by atoms with Crippen LogP contribution < -0.4 is 9.30 Å². The number of para-hydroxylation sites is 7. The highest BCUT2D eigenvalue weighted by molar-refractivity contribution is 6.24. The van der Waals surface area contributed by atoms with Crippen molar-refractivity contribution in [2.45, 2.75) is 26.2 Å². The van der Waals surface area contributed by atoms with E-state index in [2.05, 4.69) is 274 Å². The standard InChI is InChI=1S/C70H48N6O/c1-70(2,3)45-35-36-71-67(38-45)75-63-34-31-44(51-24-16-25-56-52-21-7-10-26-60(52)74(68(51)56)46-17-5-4-6-18-46)37-57(63)55-33-32-50(42-66(55)75)77-49-20-15-19-47(39-49)72-43-73(65-30-14-13-29-64(65)72)48-40-58-53-22-8-11-27-61(53)76-62-28-12-9-23-54(62)59(41-48)69(58)76/h4-42H,1-3H3. The molecule has 0 spiro atoms. The molecule has 364 valence electrons. The fourth-order valence-corrected chi connectivity index (χ4v) is 12.4. The monoisotopic (exact) mass is 988 g/mol. The minimum Gasteiger partial charge on any atom is -0.458 e. The van der Waals surface area contributed by atoms with Crippen molar-refractivity contribution in [3.63, 3.8) is 0 Å². The first kappa shape index (κ1) is 43.4. The van der Waals surface area contributed by atoms with E-state index in [4.69, 9.17) is 9.72 Å². The van der Waals surface area contributed by atoms with Crippen molar-refractivity contribution in [3.05, 3.63) is 249 Å². The van der Waals surface area contributed by atoms with Gasteiger partial charge >= 0.3 is 0 Å². The average molecular weight is 989 g/mol. The van der Waals surface area contributed by atoms with Crippen LogP contribution in [0.3, 0.4) is 0 Å². The zero-order valence-electron chi connectivity index (χ0n) is 42.6. The van der Waals surface area contributed by atoms with Gasteiger partial charge in [0.2, 0.25) is 0 Å². The van der Waals surface area contributed by atoms with Gasteiger partial charge in [-0.05, 0) is 114 Å². The first-order valence-electron chi connectivity index (χ1n) is 26.4. The summed E-state index contributed by atoms with van der Waals surface area (Å²) in [6, 6.07) is 82.9. The smallest absolute Gasteiger partial charge is 0.269 e. The third kappa shape index (κ3) is 6.50. The molecule has 77 heavy (non-hydrogen) atoms. The number of nitrogens with zero attached hydrogens (tertiary/aromatic N) is 6. The molecule has 0 amide bonds. The van der Waals surface area contributed by atoms with E-state index in [0.717, 1.165) is 72.8 Å². The molecule has 7 heteroatoms. The maximum absolute atomic E-state index is 6.92. The minimum atomic E-state index is -0.0709. The van der Waals surface area contributed by atoms with Crippen molar-refractivity contribution in [1.29, 1.82) is 0 Å². The first-order chi connectivity index (χ1) is 37.8. The number of benzene rings is 10. The Morgan fingerprint density at radius 1 is 0.429 bits per heavy atom. The Labute approximate surface area is 443 Å². The molecule has 16 aromatic rings. The van der Waals surface area contributed by atoms with Crippen LogP contribution in [0.1, 0.15) is 26.3 Å². The van der Waals surface area contributed by atoms with Gasteiger partial charge in [0, 0.05) is 66.6 Å². The summed E-state index contributed by atoms with van der Waals surface area (Å²) >= 11 is 0. The predicted molar refractivity (Wildman–Crippen MR) is 315 cm³/mol. The second-order valence-electron chi connectivity index (χ2n) is 21.4. The molecular formula is C70H48N6O. The second-order valence-corrected chi connectivity index (χ2v) is 21.4. The number of pyridine rings is 1. The number of hydrogen-bond acceptors (Lipinski definition) is 2. The molecule has 0 radical (unpaired) electrons. The van der Waals surface area contributed by atoms with E-state index in [-0.39, 0.29) is 5.41 Å². The summed E-state index contributed by atoms with van der Waals surface area (Å²) in [5.74, 6) is 2.31. The SMILES string of the molecule is CC(C)(C)c1ccnc(-n2c3ccc(-c4cccc5c6ccccc6n(-c6ccccc6)c45)cc3c3ccc(Oc4cccc(-n5[c-][n+](-c6cc7c8ccccc8n8c9ccccc9c(c6)c78)c6ccccc65)c4)cc32)c1. The number of imidazole rings is 1. The number of fused-ring (bicyclic) bond motifs is 13. The molecule has 0 aliphatic carbocycles. The molecule has 0 unspecified atom stereocenters. The summed E-state index contributed by atoms with van der Waals surface area (Å²) in [5.41, 5.74) is 16.8. The largest absolute Gasteiger partial charge is 0.458 e. The van der Waals surface area contributed by atoms with Crippen LogP contribution in [0.25, 0.3) is 127 Å². The van der Waals surface area contributed by atoms with Gasteiger partial charge in [-0.25, -0.2) is 4.98 Å². The van der Waals surface area contributed by atoms with Crippen molar-refractivity contribution in [2.24, 2.45) is 0 Å². The van der Waals surface area contributed by atoms with Crippen LogP contribution in [0.5, 0.6) is 11.5 Å². The highest BCUT2D eigenvalue weighted by atomic mass is 16.5. The summed E-state index contributed by atoms with van der Waals surface area (Å²) in [6.45, 7) is 6.75. The highest BCUT2D eigenvalue weighted by Crippen LogP contribution is 2.43. The van der Waals surface area contributed by atoms with Gasteiger partial charge in [-0.3, -0.25) is 13.7 Å². The van der Waals surface area contributed by atoms with E-state index in [9.17, 15) is 0 Å². The normalized spacial score (nSPS) is 12.4. The van der Waals surface area contributed by atoms with Crippen molar-refractivity contribution < 1.29 is 9.30 Å². The molecule has 6 aromatic heterocycles. The Morgan fingerprint density at radius 2 is 1.05 bits per heavy atom. The van der Waals surface area contributed by atoms with Gasteiger partial charge in [-0.2, -0.15) is 0 Å². The zero-order chi connectivity index (χ0) is 51.1. The topological polar surface area (TPSA) is 45.2 Å². The van der Waals surface area contributed by atoms with Crippen LogP contribution in [0.4, 0.5) is 0 Å². The Hall–Kier alpha value is -9.98. The molecule has 16 rings (SSSR count). The Bertz CT molecular complexity index is 4980. The molecule has 0 aliphatic heterocycles. The molecule has 6 heterocycles. The molecule has 0 fully saturated rings. The molecule has 0 atom stereocenters. The highest BCUT2D eigenvalue weighted by Gasteiger charge is 2.23. The van der Waals surface area contributed by atoms with Crippen LogP contribution in [0.15, 0.2) is 237 Å². The third-order valence-electron chi connectivity index (χ3n) is 15.9. The number of ether oxygens (including phenoxy) is 1. The van der Waals surface area contributed by atoms with Crippen LogP contribution >= 0.6 is 0 Å². The van der Waals surface area contributed by atoms with Crippen LogP contribution in [-0.2, 0) is 5.41 Å². The maximum Gasteiger partial charge on any atom is 0.269 e. The first-order valence-corrected chi connectivity index (χ1v) is 26.4. The van der Waals surface area contributed by atoms with E-state index >= 15 is 0 Å². The van der Waals surface area contributed by atoms with Crippen molar-refractivity contribution in [3.8, 4) is 45.5 Å². The maximum atomic E-state index is 6.92. The summed E-state index contributed by atoms with van der Waals surface area (Å²) in [5, 5.41) is 9.65. The van der Waals surface area contributed by atoms with Crippen molar-refractivity contribution in [2.75, 3.05) is 0 Å². The number of rotatable bonds is 7. The van der Waals surface area contributed by atoms with Crippen LogP contribution in [-0.4, -0.2) is 23.1 Å². The Morgan fingerprint density at radius 3 is 1.82 bits per heavy atom. The second kappa shape index (κ2) is 16.3. The fraction of sp³-hybridized carbons (Fsp3) is 0.0571. The summed E-state index contributed by atoms with van der Waals surface area (Å²) in [6.07, 6.45) is 5.73. The van der Waals surface area contributed by atoms with Gasteiger partial charge < -0.3 is 13.7 Å². The number of hydrogen-bond donors (Lipinski definition) is 0. The third-order valence-corrected chi connectivity index (χ3v) is 15.9. The van der Waals surface area contributed by atoms with E-state index in [1.807, 2.05) is 12.3 Å². The molecule has 0 bridgehead atoms. The Balaban J connectivity index is 0.825. The quantitative estimate of drug-likeness (QED) is 0.118. The van der Waals surface area contributed by atoms with Crippen LogP contribution in [0.2, 0.25) is 0 Å². The van der Waals surface area contributed by atoms with E-state index < -0.39 is 0 Å². The molecule has 0 saturated carbocycles. The summed E-state index contributed by atoms with van der Waals surface area (Å²) < 4.78 is 18.4. The molecular weight excluding hydrogens is 941 g/mol. The van der Waals surface area contributed by atoms with Crippen molar-refractivity contribution >= 4 is 92.7 Å². The Kier molecular flexibility index (Phi) is 9.17. The average Bonchev–Trinajstić information content (AvgIpc) is 4.32. The lowest BCUT2D eigenvalue weighted by molar-refractivity contribution is -0.572. The lowest BCUT2D eigenvalue weighted by Gasteiger charge is -2.20. The predicted octanol–water partition coefficient (Wildman–Crippen LogP) is 17.2. The van der Waals surface area contributed by atoms with Crippen molar-refractivity contribution in [1.82, 2.24) is 23.1 Å². The molecule has 0 saturated heterocycles. The van der Waals surface area contributed by atoms with E-state index in [0.29, 0.717) is 0 Å². The lowest BCUT2D eigenvalue weighted by atomic mass is 9.88. The van der Waals surface area contributed by atoms with Gasteiger partial charge in [0.05, 0.1) is 61.0 Å². The van der Waals surface area contributed by atoms with E-state index in [1.165, 1.54) is 71.0 Å². The zero-order valence-corrected chi connectivity index (χ0v) is 42.6. The minimum absolute atomic E-state index is 0.0709. The summed E-state index contributed by atoms with van der Waals surface area (Å²) in [4.78, 5) is 5.05. The van der Waals surface area contributed by atoms with E-state index in [1.54, 1.807) is 0 Å². The van der Waals surface area contributed by atoms with Crippen LogP contribution in [0, 0.1) is 6.33 Å². The molecule has 10 aromatic carbocycles. The van der Waals surface area contributed by atoms with Gasteiger partial charge in [-0.15, -0.1) is 0 Å². The molecule has 0 aliphatic rings. The molecule has 0 N–H and O–H groups in total. The van der Waals surface area contributed by atoms with Gasteiger partial charge in [-0.1, -0.05) is 148 Å². The van der Waals surface area contributed by atoms with Gasteiger partial charge in [0.15, 0.2) is 0 Å². The van der Waals surface area contributed by atoms with Gasteiger partial charge in [0.25, 0.3) is 6.33 Å². The fourth-order valence-electron chi connectivity index (χ4n) is 12.4. The molecule has 7 nitrogen and oxygen atoms in total.